The standard InChI is InChI=1S/C17H22N8/c1-23-4-5-24-14(10-23)7-16(22-24)21-15-6-13(12-2-3-18-8-12)9-25-17(15)19-11-20-25/h6-7,9,11-12,18H,2-5,8,10H2,1H3,(H,21,22). The maximum absolute atomic E-state index is 4.71. The Morgan fingerprint density at radius 3 is 3.12 bits per heavy atom. The van der Waals surface area contributed by atoms with Crippen molar-refractivity contribution in [3.8, 4) is 0 Å². The normalized spacial score (nSPS) is 20.9. The molecular weight excluding hydrogens is 316 g/mol. The zero-order chi connectivity index (χ0) is 16.8. The number of fused-ring (bicyclic) bond motifs is 2. The van der Waals surface area contributed by atoms with Crippen molar-refractivity contribution >= 4 is 17.2 Å². The highest BCUT2D eigenvalue weighted by Crippen LogP contribution is 2.28. The first-order valence-electron chi connectivity index (χ1n) is 8.82. The molecule has 1 unspecified atom stereocenters. The number of likely N-dealkylation sites (N-methyl/N-ethyl adjacent to an activating group) is 1. The summed E-state index contributed by atoms with van der Waals surface area (Å²) in [5, 5.41) is 16.0. The van der Waals surface area contributed by atoms with E-state index in [1.807, 2.05) is 4.52 Å². The van der Waals surface area contributed by atoms with Crippen LogP contribution in [0.1, 0.15) is 23.6 Å². The topological polar surface area (TPSA) is 75.3 Å². The molecule has 5 heterocycles. The van der Waals surface area contributed by atoms with Crippen LogP contribution >= 0.6 is 0 Å². The molecule has 0 bridgehead atoms. The van der Waals surface area contributed by atoms with Crippen molar-refractivity contribution in [2.75, 3.05) is 32.0 Å². The van der Waals surface area contributed by atoms with Crippen molar-refractivity contribution in [1.82, 2.24) is 34.6 Å². The molecule has 0 radical (unpaired) electrons. The van der Waals surface area contributed by atoms with Gasteiger partial charge in [0.25, 0.3) is 0 Å². The second-order valence-corrected chi connectivity index (χ2v) is 7.01. The Morgan fingerprint density at radius 1 is 1.28 bits per heavy atom. The first kappa shape index (κ1) is 14.9. The Bertz CT molecular complexity index is 905. The van der Waals surface area contributed by atoms with Crippen molar-refractivity contribution in [3.05, 3.63) is 35.9 Å². The number of rotatable bonds is 3. The van der Waals surface area contributed by atoms with Gasteiger partial charge in [-0.05, 0) is 37.6 Å². The van der Waals surface area contributed by atoms with Crippen molar-refractivity contribution in [2.45, 2.75) is 25.4 Å². The third kappa shape index (κ3) is 2.67. The molecule has 5 rings (SSSR count). The minimum atomic E-state index is 0.526. The van der Waals surface area contributed by atoms with Crippen molar-refractivity contribution in [3.63, 3.8) is 0 Å². The third-order valence-corrected chi connectivity index (χ3v) is 5.18. The van der Waals surface area contributed by atoms with Crippen LogP contribution in [0.2, 0.25) is 0 Å². The molecule has 3 aromatic rings. The van der Waals surface area contributed by atoms with Crippen LogP contribution < -0.4 is 10.6 Å². The van der Waals surface area contributed by atoms with E-state index in [1.54, 1.807) is 6.33 Å². The zero-order valence-corrected chi connectivity index (χ0v) is 14.3. The van der Waals surface area contributed by atoms with Gasteiger partial charge in [0.05, 0.1) is 17.9 Å². The van der Waals surface area contributed by atoms with Gasteiger partial charge in [-0.1, -0.05) is 0 Å². The summed E-state index contributed by atoms with van der Waals surface area (Å²) < 4.78 is 3.95. The Morgan fingerprint density at radius 2 is 2.24 bits per heavy atom. The van der Waals surface area contributed by atoms with Gasteiger partial charge in [-0.2, -0.15) is 10.2 Å². The van der Waals surface area contributed by atoms with Crippen LogP contribution in [0.15, 0.2) is 24.7 Å². The molecule has 25 heavy (non-hydrogen) atoms. The Balaban J connectivity index is 1.50. The Hall–Kier alpha value is -2.45. The van der Waals surface area contributed by atoms with Crippen molar-refractivity contribution < 1.29 is 0 Å². The summed E-state index contributed by atoms with van der Waals surface area (Å²) in [6.45, 7) is 4.99. The molecule has 2 aliphatic rings. The van der Waals surface area contributed by atoms with Crippen molar-refractivity contribution in [2.24, 2.45) is 0 Å². The summed E-state index contributed by atoms with van der Waals surface area (Å²) >= 11 is 0. The molecule has 8 nitrogen and oxygen atoms in total. The maximum Gasteiger partial charge on any atom is 0.178 e. The first-order chi connectivity index (χ1) is 12.3. The van der Waals surface area contributed by atoms with Crippen LogP contribution in [-0.4, -0.2) is 56.0 Å². The van der Waals surface area contributed by atoms with Gasteiger partial charge in [-0.25, -0.2) is 9.50 Å². The van der Waals surface area contributed by atoms with Gasteiger partial charge in [0, 0.05) is 31.9 Å². The molecule has 0 spiro atoms. The fourth-order valence-electron chi connectivity index (χ4n) is 3.80. The Kier molecular flexibility index (Phi) is 3.46. The molecule has 2 aliphatic heterocycles. The van der Waals surface area contributed by atoms with Crippen LogP contribution in [-0.2, 0) is 13.1 Å². The number of nitrogens with one attached hydrogen (secondary N) is 2. The number of hydrogen-bond acceptors (Lipinski definition) is 6. The van der Waals surface area contributed by atoms with E-state index in [0.717, 1.165) is 56.3 Å². The van der Waals surface area contributed by atoms with Crippen LogP contribution in [0.25, 0.3) is 5.65 Å². The van der Waals surface area contributed by atoms with Crippen LogP contribution in [0, 0.1) is 0 Å². The van der Waals surface area contributed by atoms with E-state index in [1.165, 1.54) is 11.3 Å². The van der Waals surface area contributed by atoms with E-state index in [0.29, 0.717) is 5.92 Å². The molecule has 8 heteroatoms. The van der Waals surface area contributed by atoms with Gasteiger partial charge < -0.3 is 10.6 Å². The zero-order valence-electron chi connectivity index (χ0n) is 14.3. The molecule has 130 valence electrons. The average molecular weight is 338 g/mol. The fourth-order valence-corrected chi connectivity index (χ4v) is 3.80. The molecule has 2 N–H and O–H groups in total. The van der Waals surface area contributed by atoms with Crippen LogP contribution in [0.4, 0.5) is 11.5 Å². The molecule has 0 aliphatic carbocycles. The largest absolute Gasteiger partial charge is 0.336 e. The quantitative estimate of drug-likeness (QED) is 0.747. The summed E-state index contributed by atoms with van der Waals surface area (Å²) in [7, 11) is 2.14. The van der Waals surface area contributed by atoms with Crippen LogP contribution in [0.3, 0.4) is 0 Å². The second kappa shape index (κ2) is 5.82. The van der Waals surface area contributed by atoms with Gasteiger partial charge in [-0.15, -0.1) is 0 Å². The molecule has 1 atom stereocenters. The molecule has 3 aromatic heterocycles. The van der Waals surface area contributed by atoms with E-state index in [9.17, 15) is 0 Å². The summed E-state index contributed by atoms with van der Waals surface area (Å²) in [5.74, 6) is 1.40. The lowest BCUT2D eigenvalue weighted by Gasteiger charge is -2.22. The highest BCUT2D eigenvalue weighted by molar-refractivity contribution is 5.73. The van der Waals surface area contributed by atoms with Gasteiger partial charge >= 0.3 is 0 Å². The average Bonchev–Trinajstić information content (AvgIpc) is 3.34. The van der Waals surface area contributed by atoms with Gasteiger partial charge in [-0.3, -0.25) is 9.58 Å². The van der Waals surface area contributed by atoms with Gasteiger partial charge in [0.2, 0.25) is 0 Å². The van der Waals surface area contributed by atoms with E-state index in [4.69, 9.17) is 5.10 Å². The van der Waals surface area contributed by atoms with Gasteiger partial charge in [0.1, 0.15) is 6.33 Å². The number of aromatic nitrogens is 5. The molecule has 0 saturated carbocycles. The Labute approximate surface area is 145 Å². The van der Waals surface area contributed by atoms with Crippen LogP contribution in [0.5, 0.6) is 0 Å². The molecule has 0 aromatic carbocycles. The lowest BCUT2D eigenvalue weighted by molar-refractivity contribution is 0.259. The summed E-state index contributed by atoms with van der Waals surface area (Å²) in [6.07, 6.45) is 4.85. The highest BCUT2D eigenvalue weighted by atomic mass is 15.4. The molecular formula is C17H22N8. The predicted octanol–water partition coefficient (Wildman–Crippen LogP) is 1.19. The smallest absolute Gasteiger partial charge is 0.178 e. The third-order valence-electron chi connectivity index (χ3n) is 5.18. The van der Waals surface area contributed by atoms with Crippen molar-refractivity contribution in [1.29, 1.82) is 0 Å². The fraction of sp³-hybridized carbons (Fsp3) is 0.471. The molecule has 1 saturated heterocycles. The number of hydrogen-bond donors (Lipinski definition) is 2. The SMILES string of the molecule is CN1CCn2nc(Nc3cc(C4CCNC4)cn4ncnc34)cc2C1. The summed E-state index contributed by atoms with van der Waals surface area (Å²) in [5.41, 5.74) is 4.32. The van der Waals surface area contributed by atoms with E-state index >= 15 is 0 Å². The minimum absolute atomic E-state index is 0.526. The lowest BCUT2D eigenvalue weighted by atomic mass is 10.00. The summed E-state index contributed by atoms with van der Waals surface area (Å²) in [4.78, 5) is 6.72. The van der Waals surface area contributed by atoms with E-state index in [-0.39, 0.29) is 0 Å². The predicted molar refractivity (Wildman–Crippen MR) is 95.1 cm³/mol. The number of nitrogens with zero attached hydrogens (tertiary/aromatic N) is 6. The minimum Gasteiger partial charge on any atom is -0.336 e. The van der Waals surface area contributed by atoms with E-state index < -0.39 is 0 Å². The number of anilines is 2. The lowest BCUT2D eigenvalue weighted by Crippen LogP contribution is -2.30. The van der Waals surface area contributed by atoms with E-state index in [2.05, 4.69) is 55.7 Å². The number of pyridine rings is 1. The maximum atomic E-state index is 4.71. The summed E-state index contributed by atoms with van der Waals surface area (Å²) in [6, 6.07) is 4.33. The molecule has 0 amide bonds. The first-order valence-corrected chi connectivity index (χ1v) is 8.82. The monoisotopic (exact) mass is 338 g/mol. The second-order valence-electron chi connectivity index (χ2n) is 7.01. The van der Waals surface area contributed by atoms with Gasteiger partial charge in [0.15, 0.2) is 11.5 Å². The highest BCUT2D eigenvalue weighted by Gasteiger charge is 2.20. The molecule has 1 fully saturated rings.